The minimum atomic E-state index is -0.914. The van der Waals surface area contributed by atoms with Gasteiger partial charge in [0.2, 0.25) is 0 Å². The largest absolute Gasteiger partial charge is 1.00 e. The Bertz CT molecular complexity index is 727. The molecule has 0 fully saturated rings. The molecule has 2 aromatic rings. The molecule has 144 valence electrons. The van der Waals surface area contributed by atoms with E-state index in [1.165, 1.54) is 24.1 Å². The van der Waals surface area contributed by atoms with Gasteiger partial charge < -0.3 is 17.0 Å². The summed E-state index contributed by atoms with van der Waals surface area (Å²) in [4.78, 5) is 9.50. The van der Waals surface area contributed by atoms with Crippen LogP contribution in [0.15, 0.2) is 58.5 Å². The van der Waals surface area contributed by atoms with Crippen molar-refractivity contribution in [2.45, 2.75) is 56.7 Å². The Morgan fingerprint density at radius 1 is 0.741 bits per heavy atom. The van der Waals surface area contributed by atoms with Crippen molar-refractivity contribution in [3.8, 4) is 0 Å². The molecule has 0 aliphatic carbocycles. The first kappa shape index (κ1) is 24.2. The Balaban J connectivity index is 0.00000364. The van der Waals surface area contributed by atoms with Crippen LogP contribution in [0.4, 0.5) is 0 Å². The Hall–Kier alpha value is -0.857. The fraction of sp³-hybridized carbons (Fsp3) is 0.391. The van der Waals surface area contributed by atoms with E-state index >= 15 is 0 Å². The third kappa shape index (κ3) is 9.26. The van der Waals surface area contributed by atoms with E-state index in [2.05, 4.69) is 103 Å². The minimum Gasteiger partial charge on any atom is -1.00 e. The van der Waals surface area contributed by atoms with Crippen molar-refractivity contribution in [3.05, 3.63) is 65.2 Å². The van der Waals surface area contributed by atoms with Crippen LogP contribution in [0.5, 0.6) is 0 Å². The van der Waals surface area contributed by atoms with E-state index in [4.69, 9.17) is 9.98 Å². The number of rotatable bonds is 5. The average molecular weight is 623 g/mol. The van der Waals surface area contributed by atoms with E-state index in [-0.39, 0.29) is 28.1 Å². The van der Waals surface area contributed by atoms with Crippen LogP contribution in [0.25, 0.3) is 0 Å². The van der Waals surface area contributed by atoms with Gasteiger partial charge >= 0.3 is 171 Å². The van der Waals surface area contributed by atoms with Gasteiger partial charge in [0.05, 0.1) is 0 Å². The van der Waals surface area contributed by atoms with Crippen LogP contribution in [0.3, 0.4) is 0 Å². The summed E-state index contributed by atoms with van der Waals surface area (Å²) in [5.41, 5.74) is 3.86. The number of halogens is 1. The number of benzene rings is 2. The molecule has 2 radical (unpaired) electrons. The van der Waals surface area contributed by atoms with Gasteiger partial charge in [-0.1, -0.05) is 0 Å². The van der Waals surface area contributed by atoms with Gasteiger partial charge in [-0.3, -0.25) is 0 Å². The SMILES string of the molecule is CC(C)(C)N=Cc1cccc(C=NC(C)(C)C)[c]1[Bi+][CH2]c1ccccc1.[Br-]. The second-order valence-corrected chi connectivity index (χ2v) is 12.6. The van der Waals surface area contributed by atoms with Gasteiger partial charge in [0.1, 0.15) is 0 Å². The van der Waals surface area contributed by atoms with Gasteiger partial charge in [-0.05, 0) is 0 Å². The summed E-state index contributed by atoms with van der Waals surface area (Å²) in [5.74, 6) is 0. The van der Waals surface area contributed by atoms with E-state index in [1.807, 2.05) is 0 Å². The molecular weight excluding hydrogens is 593 g/mol. The maximum Gasteiger partial charge on any atom is -1.00 e. The van der Waals surface area contributed by atoms with Crippen molar-refractivity contribution in [1.29, 1.82) is 0 Å². The smallest absolute Gasteiger partial charge is 1.00 e. The van der Waals surface area contributed by atoms with E-state index in [1.54, 1.807) is 0 Å². The molecule has 27 heavy (non-hydrogen) atoms. The maximum atomic E-state index is 4.75. The molecule has 0 atom stereocenters. The van der Waals surface area contributed by atoms with Gasteiger partial charge in [0, 0.05) is 0 Å². The first-order chi connectivity index (χ1) is 12.1. The molecular formula is C23H30BiBrN2. The Morgan fingerprint density at radius 2 is 1.22 bits per heavy atom. The van der Waals surface area contributed by atoms with Crippen molar-refractivity contribution in [2.75, 3.05) is 0 Å². The molecule has 4 heteroatoms. The molecule has 0 aromatic heterocycles. The molecule has 0 unspecified atom stereocenters. The zero-order valence-corrected chi connectivity index (χ0v) is 22.3. The van der Waals surface area contributed by atoms with Crippen molar-refractivity contribution in [1.82, 2.24) is 0 Å². The monoisotopic (exact) mass is 622 g/mol. The van der Waals surface area contributed by atoms with Crippen LogP contribution in [0, 0.1) is 0 Å². The third-order valence-corrected chi connectivity index (χ3v) is 8.81. The minimum absolute atomic E-state index is 0. The molecule has 0 aliphatic heterocycles. The predicted molar refractivity (Wildman–Crippen MR) is 117 cm³/mol. The zero-order valence-electron chi connectivity index (χ0n) is 17.2. The Labute approximate surface area is 187 Å². The summed E-state index contributed by atoms with van der Waals surface area (Å²) in [6.45, 7) is 12.8. The second-order valence-electron chi connectivity index (χ2n) is 8.44. The molecule has 0 aliphatic rings. The molecule has 0 saturated heterocycles. The van der Waals surface area contributed by atoms with E-state index in [9.17, 15) is 0 Å². The van der Waals surface area contributed by atoms with Gasteiger partial charge in [0.15, 0.2) is 0 Å². The Morgan fingerprint density at radius 3 is 1.67 bits per heavy atom. The van der Waals surface area contributed by atoms with Crippen LogP contribution in [0.1, 0.15) is 58.2 Å². The van der Waals surface area contributed by atoms with Gasteiger partial charge in [-0.15, -0.1) is 0 Å². The second kappa shape index (κ2) is 10.6. The van der Waals surface area contributed by atoms with Crippen molar-refractivity contribution in [2.24, 2.45) is 9.98 Å². The summed E-state index contributed by atoms with van der Waals surface area (Å²) >= 11 is -0.914. The van der Waals surface area contributed by atoms with Gasteiger partial charge in [-0.25, -0.2) is 0 Å². The van der Waals surface area contributed by atoms with Crippen molar-refractivity contribution >= 4 is 38.9 Å². The predicted octanol–water partition coefficient (Wildman–Crippen LogP) is 1.66. The standard InChI is InChI=1S/C16H23N2.C7H7.Bi.BrH/c1-15(2,3)17-11-13-8-7-9-14(10-13)12-18-16(4,5)6;1-7-5-3-2-4-6-7;;/h7-9,11-12H,1-6H3;2-6H,1H2;;1H/q;;+1;/p-1. The molecule has 0 saturated carbocycles. The summed E-state index contributed by atoms with van der Waals surface area (Å²) < 4.78 is 2.69. The van der Waals surface area contributed by atoms with Gasteiger partial charge in [0.25, 0.3) is 0 Å². The molecule has 0 spiro atoms. The molecule has 0 N–H and O–H groups in total. The first-order valence-corrected chi connectivity index (χ1v) is 13.3. The Kier molecular flexibility index (Phi) is 9.51. The molecule has 2 rings (SSSR count). The molecule has 0 heterocycles. The van der Waals surface area contributed by atoms with E-state index in [0.29, 0.717) is 0 Å². The van der Waals surface area contributed by atoms with Crippen LogP contribution in [-0.2, 0) is 4.13 Å². The number of hydrogen-bond acceptors (Lipinski definition) is 2. The summed E-state index contributed by atoms with van der Waals surface area (Å²) in [6, 6.07) is 17.3. The van der Waals surface area contributed by atoms with Gasteiger partial charge in [-0.2, -0.15) is 0 Å². The quantitative estimate of drug-likeness (QED) is 0.358. The third-order valence-electron chi connectivity index (χ3n) is 3.54. The average Bonchev–Trinajstić information content (AvgIpc) is 2.56. The van der Waals surface area contributed by atoms with Crippen LogP contribution >= 0.6 is 0 Å². The van der Waals surface area contributed by atoms with Crippen molar-refractivity contribution < 1.29 is 17.0 Å². The number of hydrogen-bond donors (Lipinski definition) is 0. The molecule has 0 amide bonds. The fourth-order valence-electron chi connectivity index (χ4n) is 2.25. The summed E-state index contributed by atoms with van der Waals surface area (Å²) in [6.07, 6.45) is 4.14. The molecule has 2 aromatic carbocycles. The number of aliphatic imine (C=N–C) groups is 2. The van der Waals surface area contributed by atoms with Crippen LogP contribution in [0.2, 0.25) is 0 Å². The topological polar surface area (TPSA) is 24.7 Å². The summed E-state index contributed by atoms with van der Waals surface area (Å²) in [7, 11) is 0. The molecule has 0 bridgehead atoms. The maximum absolute atomic E-state index is 4.75. The van der Waals surface area contributed by atoms with Crippen LogP contribution < -0.4 is 20.3 Å². The van der Waals surface area contributed by atoms with Crippen molar-refractivity contribution in [3.63, 3.8) is 0 Å². The zero-order chi connectivity index (χ0) is 19.2. The normalized spacial score (nSPS) is 12.5. The first-order valence-electron chi connectivity index (χ1n) is 9.09. The fourth-order valence-corrected chi connectivity index (χ4v) is 6.84. The molecule has 2 nitrogen and oxygen atoms in total. The van der Waals surface area contributed by atoms with E-state index < -0.39 is 23.2 Å². The number of nitrogens with zero attached hydrogens (tertiary/aromatic N) is 2. The van der Waals surface area contributed by atoms with E-state index in [0.717, 1.165) is 0 Å². The summed E-state index contributed by atoms with van der Waals surface area (Å²) in [5, 5.41) is 0. The van der Waals surface area contributed by atoms with Crippen LogP contribution in [-0.4, -0.2) is 46.7 Å².